The summed E-state index contributed by atoms with van der Waals surface area (Å²) in [6.45, 7) is 4.27. The highest BCUT2D eigenvalue weighted by Crippen LogP contribution is 2.43. The summed E-state index contributed by atoms with van der Waals surface area (Å²) >= 11 is 0. The molecule has 434 valence electrons. The van der Waals surface area contributed by atoms with Crippen LogP contribution in [-0.2, 0) is 42.2 Å². The number of carbonyl (C=O) groups is 3. The van der Waals surface area contributed by atoms with E-state index in [1.807, 2.05) is 18.2 Å². The molecule has 2 N–H and O–H groups in total. The first-order chi connectivity index (χ1) is 37.2. The fourth-order valence-electron chi connectivity index (χ4n) is 7.78. The van der Waals surface area contributed by atoms with E-state index >= 15 is 0 Å². The fraction of sp³-hybridized carbons (Fsp3) is 0.672. The van der Waals surface area contributed by atoms with Gasteiger partial charge in [-0.25, -0.2) is 4.57 Å². The summed E-state index contributed by atoms with van der Waals surface area (Å²) in [7, 11) is -4.79. The molecule has 0 saturated carbocycles. The van der Waals surface area contributed by atoms with Gasteiger partial charge in [0.25, 0.3) is 0 Å². The zero-order chi connectivity index (χ0) is 55.5. The highest BCUT2D eigenvalue weighted by Gasteiger charge is 2.28. The van der Waals surface area contributed by atoms with Crippen molar-refractivity contribution in [3.05, 3.63) is 109 Å². The number of hydrogen-bond donors (Lipinski definition) is 2. The van der Waals surface area contributed by atoms with E-state index < -0.39 is 57.8 Å². The fourth-order valence-corrected chi connectivity index (χ4v) is 8.56. The highest BCUT2D eigenvalue weighted by atomic mass is 31.2. The zero-order valence-corrected chi connectivity index (χ0v) is 48.8. The molecule has 0 heterocycles. The molecule has 0 radical (unpaired) electrons. The molecule has 0 bridgehead atoms. The Morgan fingerprint density at radius 3 is 1.16 bits per heavy atom. The molecule has 0 aromatic carbocycles. The Kier molecular flexibility index (Phi) is 54.4. The summed E-state index contributed by atoms with van der Waals surface area (Å²) in [5.74, 6) is -1.66. The van der Waals surface area contributed by atoms with Gasteiger partial charge in [0, 0.05) is 12.8 Å². The number of carbonyl (C=O) groups excluding carboxylic acids is 3. The lowest BCUT2D eigenvalue weighted by atomic mass is 10.0. The number of phosphoric acid groups is 1. The van der Waals surface area contributed by atoms with Crippen molar-refractivity contribution in [1.29, 1.82) is 0 Å². The van der Waals surface area contributed by atoms with E-state index in [2.05, 4.69) is 106 Å². The van der Waals surface area contributed by atoms with Crippen LogP contribution < -0.4 is 0 Å². The number of hydrogen-bond acceptors (Lipinski definition) is 10. The first kappa shape index (κ1) is 72.1. The van der Waals surface area contributed by atoms with Gasteiger partial charge in [0.15, 0.2) is 6.10 Å². The van der Waals surface area contributed by atoms with Gasteiger partial charge in [-0.3, -0.25) is 23.4 Å². The Labute approximate surface area is 463 Å². The van der Waals surface area contributed by atoms with Crippen molar-refractivity contribution in [1.82, 2.24) is 0 Å². The van der Waals surface area contributed by atoms with E-state index in [9.17, 15) is 28.9 Å². The Bertz CT molecular complexity index is 1690. The molecule has 0 aliphatic heterocycles. The molecule has 0 aliphatic rings. The number of aliphatic hydroxyl groups is 1. The van der Waals surface area contributed by atoms with E-state index in [0.717, 1.165) is 83.5 Å². The van der Waals surface area contributed by atoms with E-state index in [-0.39, 0.29) is 25.9 Å². The van der Waals surface area contributed by atoms with Crippen molar-refractivity contribution >= 4 is 25.7 Å². The van der Waals surface area contributed by atoms with Gasteiger partial charge < -0.3 is 24.2 Å². The van der Waals surface area contributed by atoms with Crippen LogP contribution in [0.2, 0.25) is 0 Å². The third kappa shape index (κ3) is 54.9. The lowest BCUT2D eigenvalue weighted by molar-refractivity contribution is -0.160. The van der Waals surface area contributed by atoms with Gasteiger partial charge in [-0.1, -0.05) is 246 Å². The summed E-state index contributed by atoms with van der Waals surface area (Å²) in [5, 5.41) is 9.81. The minimum atomic E-state index is -4.79. The van der Waals surface area contributed by atoms with Gasteiger partial charge in [-0.2, -0.15) is 0 Å². The van der Waals surface area contributed by atoms with Gasteiger partial charge in [-0.15, -0.1) is 0 Å². The number of esters is 3. The van der Waals surface area contributed by atoms with Crippen LogP contribution in [0.1, 0.15) is 239 Å². The van der Waals surface area contributed by atoms with E-state index in [4.69, 9.17) is 23.3 Å². The maximum atomic E-state index is 12.9. The van der Waals surface area contributed by atoms with Crippen LogP contribution >= 0.6 is 7.82 Å². The second-order valence-electron chi connectivity index (χ2n) is 19.4. The summed E-state index contributed by atoms with van der Waals surface area (Å²) < 4.78 is 39.4. The third-order valence-corrected chi connectivity index (χ3v) is 13.2. The molecule has 0 amide bonds. The molecule has 0 aromatic heterocycles. The predicted molar refractivity (Wildman–Crippen MR) is 316 cm³/mol. The number of phosphoric ester groups is 1. The van der Waals surface area contributed by atoms with Crippen molar-refractivity contribution in [2.45, 2.75) is 251 Å². The third-order valence-electron chi connectivity index (χ3n) is 12.2. The maximum Gasteiger partial charge on any atom is 0.472 e. The zero-order valence-electron chi connectivity index (χ0n) is 47.9. The maximum absolute atomic E-state index is 12.9. The lowest BCUT2D eigenvalue weighted by Crippen LogP contribution is -2.30. The molecule has 0 aromatic rings. The van der Waals surface area contributed by atoms with Crippen LogP contribution in [0.15, 0.2) is 109 Å². The molecule has 11 nitrogen and oxygen atoms in total. The smallest absolute Gasteiger partial charge is 0.462 e. The minimum Gasteiger partial charge on any atom is -0.462 e. The van der Waals surface area contributed by atoms with Crippen LogP contribution in [0.4, 0.5) is 0 Å². The summed E-state index contributed by atoms with van der Waals surface area (Å²) in [5.41, 5.74) is 0. The van der Waals surface area contributed by atoms with Crippen LogP contribution in [0.25, 0.3) is 0 Å². The molecule has 0 rings (SSSR count). The molecular weight excluding hydrogens is 976 g/mol. The van der Waals surface area contributed by atoms with Crippen LogP contribution in [-0.4, -0.2) is 66.5 Å². The van der Waals surface area contributed by atoms with Crippen molar-refractivity contribution in [3.8, 4) is 0 Å². The lowest BCUT2D eigenvalue weighted by Gasteiger charge is -2.21. The van der Waals surface area contributed by atoms with Gasteiger partial charge >= 0.3 is 25.7 Å². The Morgan fingerprint density at radius 1 is 0.395 bits per heavy atom. The van der Waals surface area contributed by atoms with E-state index in [1.54, 1.807) is 6.08 Å². The number of unbranched alkanes of at least 4 members (excludes halogenated alkanes) is 20. The second-order valence-corrected chi connectivity index (χ2v) is 20.9. The molecule has 0 spiro atoms. The highest BCUT2D eigenvalue weighted by molar-refractivity contribution is 7.47. The summed E-state index contributed by atoms with van der Waals surface area (Å²) in [6.07, 6.45) is 69.5. The van der Waals surface area contributed by atoms with E-state index in [1.165, 1.54) is 96.3 Å². The summed E-state index contributed by atoms with van der Waals surface area (Å²) in [6, 6.07) is 0. The average molecular weight is 1080 g/mol. The van der Waals surface area contributed by atoms with Gasteiger partial charge in [0.2, 0.25) is 0 Å². The number of ether oxygens (including phenoxy) is 3. The minimum absolute atomic E-state index is 0.0708. The second kappa shape index (κ2) is 57.3. The molecule has 12 heteroatoms. The number of rotatable bonds is 54. The Hall–Kier alpha value is -3.86. The predicted octanol–water partition coefficient (Wildman–Crippen LogP) is 17.8. The number of aliphatic hydroxyl groups excluding tert-OH is 1. The number of allylic oxidation sites excluding steroid dienone is 17. The molecule has 76 heavy (non-hydrogen) atoms. The Morgan fingerprint density at radius 2 is 0.737 bits per heavy atom. The topological polar surface area (TPSA) is 155 Å². The quantitative estimate of drug-likeness (QED) is 0.0197. The Balaban J connectivity index is 4.82. The van der Waals surface area contributed by atoms with Crippen molar-refractivity contribution in [2.75, 3.05) is 26.4 Å². The van der Waals surface area contributed by atoms with Crippen LogP contribution in [0.5, 0.6) is 0 Å². The molecule has 3 unspecified atom stereocenters. The average Bonchev–Trinajstić information content (AvgIpc) is 3.41. The van der Waals surface area contributed by atoms with E-state index in [0.29, 0.717) is 19.3 Å². The van der Waals surface area contributed by atoms with Crippen molar-refractivity contribution < 1.29 is 52.2 Å². The van der Waals surface area contributed by atoms with Gasteiger partial charge in [0.05, 0.1) is 26.2 Å². The molecular formula is C64H107O11P. The van der Waals surface area contributed by atoms with Crippen LogP contribution in [0.3, 0.4) is 0 Å². The first-order valence-corrected chi connectivity index (χ1v) is 31.3. The normalized spacial score (nSPS) is 14.1. The van der Waals surface area contributed by atoms with Gasteiger partial charge in [0.1, 0.15) is 12.7 Å². The first-order valence-electron chi connectivity index (χ1n) is 29.8. The molecule has 0 aliphatic carbocycles. The largest absolute Gasteiger partial charge is 0.472 e. The standard InChI is InChI=1S/C64H107O11P/c1-4-7-10-13-16-19-22-25-28-29-30-31-34-35-38-41-44-47-50-53-62(66)71-57-61(75-64(68)55-52-49-46-43-40-37-33-27-24-21-18-15-12-9-6-3)59-73-76(69,70)72-58-60(56-65)74-63(67)54-51-48-45-42-39-36-32-26-23-20-17-14-11-8-5-2/h8-9,11-12,17-18,20-21,26-27,32-33,39-40,42-43,49,52,60-61,65H,4-7,10,13-16,19,22-25,28-31,34-38,41,44-48,50-51,53-59H2,1-3H3,(H,69,70)/b11-8-,12-9-,20-17-,21-18-,32-26-,33-27-,42-39-,43-40-,52-49-. The molecule has 0 fully saturated rings. The monoisotopic (exact) mass is 1080 g/mol. The van der Waals surface area contributed by atoms with Crippen LogP contribution in [0, 0.1) is 0 Å². The molecule has 3 atom stereocenters. The van der Waals surface area contributed by atoms with Crippen molar-refractivity contribution in [2.24, 2.45) is 0 Å². The van der Waals surface area contributed by atoms with Crippen molar-refractivity contribution in [3.63, 3.8) is 0 Å². The summed E-state index contributed by atoms with van der Waals surface area (Å²) in [4.78, 5) is 48.5. The molecule has 0 saturated heterocycles. The SMILES string of the molecule is CC/C=C\C/C=C\C/C=C\C/C=C\C/C=C\CC(=O)OC(COC(=O)CCCCCCCCCCCCCCCCCCCCC)COP(=O)(O)OCC(CO)OC(=O)CCCC/C=C\C/C=C\C/C=C\C/C=C\CC. The van der Waals surface area contributed by atoms with Gasteiger partial charge in [-0.05, 0) is 83.5 Å².